The number of nitrogens with one attached hydrogen (secondary N) is 1. The van der Waals surface area contributed by atoms with Crippen molar-refractivity contribution in [3.8, 4) is 0 Å². The van der Waals surface area contributed by atoms with Crippen LogP contribution in [0, 0.1) is 20.2 Å². The molecular formula is C16H14N4O6. The van der Waals surface area contributed by atoms with E-state index in [0.29, 0.717) is 0 Å². The van der Waals surface area contributed by atoms with Crippen molar-refractivity contribution >= 4 is 23.2 Å². The van der Waals surface area contributed by atoms with Crippen LogP contribution in [0.1, 0.15) is 15.9 Å². The van der Waals surface area contributed by atoms with E-state index in [1.807, 2.05) is 0 Å². The fourth-order valence-corrected chi connectivity index (χ4v) is 2.31. The molecule has 0 saturated carbocycles. The summed E-state index contributed by atoms with van der Waals surface area (Å²) in [5.74, 6) is -1.64. The number of nitro groups is 2. The van der Waals surface area contributed by atoms with Crippen LogP contribution in [0.2, 0.25) is 0 Å². The number of carbonyl (C=O) groups excluding carboxylic acids is 2. The van der Waals surface area contributed by atoms with Gasteiger partial charge in [-0.3, -0.25) is 29.8 Å². The first-order valence-electron chi connectivity index (χ1n) is 7.36. The Morgan fingerprint density at radius 2 is 1.73 bits per heavy atom. The number of nitro benzene ring substituents is 2. The Labute approximate surface area is 146 Å². The molecular weight excluding hydrogens is 344 g/mol. The number of rotatable bonds is 7. The Morgan fingerprint density at radius 3 is 2.35 bits per heavy atom. The van der Waals surface area contributed by atoms with Gasteiger partial charge in [-0.25, -0.2) is 0 Å². The van der Waals surface area contributed by atoms with Crippen LogP contribution in [0.5, 0.6) is 0 Å². The highest BCUT2D eigenvalue weighted by Crippen LogP contribution is 2.19. The third-order valence-corrected chi connectivity index (χ3v) is 3.58. The molecule has 1 atom stereocenters. The van der Waals surface area contributed by atoms with Crippen molar-refractivity contribution in [2.45, 2.75) is 12.5 Å². The van der Waals surface area contributed by atoms with Crippen LogP contribution >= 0.6 is 0 Å². The third kappa shape index (κ3) is 4.38. The van der Waals surface area contributed by atoms with Crippen LogP contribution in [-0.4, -0.2) is 27.7 Å². The van der Waals surface area contributed by atoms with Gasteiger partial charge in [-0.15, -0.1) is 0 Å². The first-order chi connectivity index (χ1) is 12.3. The van der Waals surface area contributed by atoms with Crippen molar-refractivity contribution in [1.82, 2.24) is 5.32 Å². The van der Waals surface area contributed by atoms with Crippen LogP contribution in [0.3, 0.4) is 0 Å². The van der Waals surface area contributed by atoms with Gasteiger partial charge < -0.3 is 11.1 Å². The predicted octanol–water partition coefficient (Wildman–Crippen LogP) is 1.33. The zero-order chi connectivity index (χ0) is 19.3. The highest BCUT2D eigenvalue weighted by Gasteiger charge is 2.24. The molecule has 10 nitrogen and oxygen atoms in total. The molecule has 0 spiro atoms. The van der Waals surface area contributed by atoms with Crippen molar-refractivity contribution in [3.05, 3.63) is 79.9 Å². The van der Waals surface area contributed by atoms with Crippen LogP contribution < -0.4 is 11.1 Å². The van der Waals surface area contributed by atoms with Crippen LogP contribution in [0.25, 0.3) is 0 Å². The van der Waals surface area contributed by atoms with Crippen molar-refractivity contribution in [3.63, 3.8) is 0 Å². The highest BCUT2D eigenvalue weighted by atomic mass is 16.6. The molecule has 0 fully saturated rings. The van der Waals surface area contributed by atoms with Gasteiger partial charge in [0.1, 0.15) is 6.04 Å². The minimum atomic E-state index is -1.22. The van der Waals surface area contributed by atoms with Crippen molar-refractivity contribution < 1.29 is 19.4 Å². The molecule has 0 aliphatic rings. The van der Waals surface area contributed by atoms with Crippen LogP contribution in [0.4, 0.5) is 11.4 Å². The van der Waals surface area contributed by atoms with E-state index in [9.17, 15) is 29.8 Å². The number of nitrogens with zero attached hydrogens (tertiary/aromatic N) is 2. The summed E-state index contributed by atoms with van der Waals surface area (Å²) in [7, 11) is 0. The zero-order valence-electron chi connectivity index (χ0n) is 13.3. The van der Waals surface area contributed by atoms with E-state index >= 15 is 0 Å². The zero-order valence-corrected chi connectivity index (χ0v) is 13.3. The van der Waals surface area contributed by atoms with Gasteiger partial charge in [0.25, 0.3) is 17.3 Å². The molecule has 10 heteroatoms. The number of para-hydroxylation sites is 1. The summed E-state index contributed by atoms with van der Waals surface area (Å²) in [6.45, 7) is 0. The van der Waals surface area contributed by atoms with Crippen LogP contribution in [-0.2, 0) is 11.2 Å². The number of hydrogen-bond donors (Lipinski definition) is 2. The van der Waals surface area contributed by atoms with Crippen molar-refractivity contribution in [2.75, 3.05) is 0 Å². The molecule has 26 heavy (non-hydrogen) atoms. The normalized spacial score (nSPS) is 11.4. The SMILES string of the molecule is NC(=O)[C@@H](Cc1ccccc1[N+](=O)[O-])NC(=O)c1cccc([N+](=O)[O-])c1. The number of carbonyl (C=O) groups is 2. The maximum atomic E-state index is 12.3. The Morgan fingerprint density at radius 1 is 1.04 bits per heavy atom. The minimum Gasteiger partial charge on any atom is -0.368 e. The highest BCUT2D eigenvalue weighted by molar-refractivity contribution is 5.97. The maximum Gasteiger partial charge on any atom is 0.272 e. The molecule has 0 unspecified atom stereocenters. The predicted molar refractivity (Wildman–Crippen MR) is 90.3 cm³/mol. The molecule has 0 bridgehead atoms. The second-order valence-corrected chi connectivity index (χ2v) is 5.33. The van der Waals surface area contributed by atoms with Gasteiger partial charge in [0.05, 0.1) is 9.85 Å². The summed E-state index contributed by atoms with van der Waals surface area (Å²) in [5.41, 5.74) is 4.98. The molecule has 2 amide bonds. The molecule has 0 radical (unpaired) electrons. The lowest BCUT2D eigenvalue weighted by Gasteiger charge is -2.15. The topological polar surface area (TPSA) is 158 Å². The van der Waals surface area contributed by atoms with E-state index in [1.165, 1.54) is 36.4 Å². The number of non-ortho nitro benzene ring substituents is 1. The van der Waals surface area contributed by atoms with E-state index < -0.39 is 27.7 Å². The van der Waals surface area contributed by atoms with E-state index in [4.69, 9.17) is 5.73 Å². The van der Waals surface area contributed by atoms with Gasteiger partial charge in [-0.2, -0.15) is 0 Å². The van der Waals surface area contributed by atoms with Crippen molar-refractivity contribution in [1.29, 1.82) is 0 Å². The molecule has 0 aliphatic carbocycles. The summed E-state index contributed by atoms with van der Waals surface area (Å²) in [6.07, 6.45) is -0.187. The molecule has 0 aliphatic heterocycles. The maximum absolute atomic E-state index is 12.3. The van der Waals surface area contributed by atoms with Gasteiger partial charge in [-0.05, 0) is 6.07 Å². The third-order valence-electron chi connectivity index (χ3n) is 3.58. The largest absolute Gasteiger partial charge is 0.368 e. The Bertz CT molecular complexity index is 883. The van der Waals surface area contributed by atoms with E-state index in [2.05, 4.69) is 5.32 Å². The standard InChI is InChI=1S/C16H14N4O6/c17-15(21)13(9-10-4-1-2-7-14(10)20(25)26)18-16(22)11-5-3-6-12(8-11)19(23)24/h1-8,13H,9H2,(H2,17,21)(H,18,22)/t13-/m1/s1. The number of amides is 2. The summed E-state index contributed by atoms with van der Waals surface area (Å²) >= 11 is 0. The van der Waals surface area contributed by atoms with E-state index in [-0.39, 0.29) is 28.9 Å². The average molecular weight is 358 g/mol. The Kier molecular flexibility index (Phi) is 5.58. The lowest BCUT2D eigenvalue weighted by Crippen LogP contribution is -2.45. The van der Waals surface area contributed by atoms with Gasteiger partial charge in [0.15, 0.2) is 0 Å². The molecule has 2 aromatic rings. The molecule has 2 aromatic carbocycles. The molecule has 134 valence electrons. The molecule has 0 aromatic heterocycles. The fourth-order valence-electron chi connectivity index (χ4n) is 2.31. The second kappa shape index (κ2) is 7.83. The van der Waals surface area contributed by atoms with Crippen molar-refractivity contribution in [2.24, 2.45) is 5.73 Å². The average Bonchev–Trinajstić information content (AvgIpc) is 2.61. The fraction of sp³-hybridized carbons (Fsp3) is 0.125. The summed E-state index contributed by atoms with van der Waals surface area (Å²) in [4.78, 5) is 44.5. The molecule has 0 saturated heterocycles. The molecule has 2 rings (SSSR count). The summed E-state index contributed by atoms with van der Waals surface area (Å²) in [6, 6.07) is 9.48. The quantitative estimate of drug-likeness (QED) is 0.561. The van der Waals surface area contributed by atoms with E-state index in [1.54, 1.807) is 6.07 Å². The number of hydrogen-bond acceptors (Lipinski definition) is 6. The Balaban J connectivity index is 2.23. The molecule has 0 heterocycles. The van der Waals surface area contributed by atoms with E-state index in [0.717, 1.165) is 6.07 Å². The van der Waals surface area contributed by atoms with Gasteiger partial charge in [0, 0.05) is 35.7 Å². The summed E-state index contributed by atoms with van der Waals surface area (Å²) < 4.78 is 0. The second-order valence-electron chi connectivity index (χ2n) is 5.33. The monoisotopic (exact) mass is 358 g/mol. The van der Waals surface area contributed by atoms with Crippen LogP contribution in [0.15, 0.2) is 48.5 Å². The van der Waals surface area contributed by atoms with Gasteiger partial charge in [-0.1, -0.05) is 24.3 Å². The first kappa shape index (κ1) is 18.5. The Hall–Kier alpha value is -3.82. The van der Waals surface area contributed by atoms with Gasteiger partial charge >= 0.3 is 0 Å². The summed E-state index contributed by atoms with van der Waals surface area (Å²) in [5, 5.41) is 24.2. The lowest BCUT2D eigenvalue weighted by atomic mass is 10.0. The number of primary amides is 1. The number of benzene rings is 2. The smallest absolute Gasteiger partial charge is 0.272 e. The first-order valence-corrected chi connectivity index (χ1v) is 7.36. The molecule has 3 N–H and O–H groups in total. The number of nitrogens with two attached hydrogens (primary N) is 1. The minimum absolute atomic E-state index is 0.0342. The van der Waals surface area contributed by atoms with Gasteiger partial charge in [0.2, 0.25) is 5.91 Å². The lowest BCUT2D eigenvalue weighted by molar-refractivity contribution is -0.385.